The number of rotatable bonds is 6. The highest BCUT2D eigenvalue weighted by atomic mass is 19.4. The highest BCUT2D eigenvalue weighted by molar-refractivity contribution is 6.01. The number of amidine groups is 1. The van der Waals surface area contributed by atoms with Gasteiger partial charge in [0.05, 0.1) is 0 Å². The Kier molecular flexibility index (Phi) is 8.51. The smallest absolute Gasteiger partial charge is 0.430 e. The fourth-order valence-electron chi connectivity index (χ4n) is 3.87. The minimum absolute atomic E-state index is 0.0321. The molecule has 4 rings (SSSR count). The van der Waals surface area contributed by atoms with Crippen molar-refractivity contribution in [2.75, 3.05) is 0 Å². The first-order chi connectivity index (χ1) is 17.9. The number of aryl methyl sites for hydroxylation is 2. The van der Waals surface area contributed by atoms with Crippen LogP contribution in [0, 0.1) is 12.3 Å². The van der Waals surface area contributed by atoms with Gasteiger partial charge in [-0.25, -0.2) is 4.57 Å². The molecule has 2 aromatic heterocycles. The zero-order valence-corrected chi connectivity index (χ0v) is 20.7. The van der Waals surface area contributed by atoms with E-state index in [1.54, 1.807) is 0 Å². The molecule has 2 heterocycles. The highest BCUT2D eigenvalue weighted by Crippen LogP contribution is 2.27. The second-order valence-corrected chi connectivity index (χ2v) is 8.53. The van der Waals surface area contributed by atoms with Crippen molar-refractivity contribution in [2.45, 2.75) is 26.2 Å². The van der Waals surface area contributed by atoms with E-state index in [1.807, 2.05) is 96.2 Å². The molecule has 0 fully saturated rings. The lowest BCUT2D eigenvalue weighted by molar-refractivity contribution is -0.671. The number of para-hydroxylation sites is 1. The van der Waals surface area contributed by atoms with Crippen LogP contribution in [0.4, 0.5) is 13.2 Å². The van der Waals surface area contributed by atoms with Crippen molar-refractivity contribution in [3.8, 4) is 0 Å². The third-order valence-electron chi connectivity index (χ3n) is 5.75. The minimum Gasteiger partial charge on any atom is -0.542 e. The number of pyridine rings is 1. The number of hydrogen-bond acceptors (Lipinski definition) is 4. The van der Waals surface area contributed by atoms with E-state index < -0.39 is 12.1 Å². The molecule has 0 aliphatic rings. The third-order valence-corrected chi connectivity index (χ3v) is 5.75. The number of fused-ring (bicyclic) bond motifs is 1. The Bertz CT molecular complexity index is 1480. The normalized spacial score (nSPS) is 11.0. The molecule has 0 aliphatic heterocycles. The van der Waals surface area contributed by atoms with Crippen LogP contribution in [0.2, 0.25) is 0 Å². The van der Waals surface area contributed by atoms with Gasteiger partial charge in [0.25, 0.3) is 5.91 Å². The van der Waals surface area contributed by atoms with Crippen LogP contribution in [0.25, 0.3) is 10.9 Å². The molecular formula is C27H26F3N5O3. The summed E-state index contributed by atoms with van der Waals surface area (Å²) in [4.78, 5) is 22.1. The number of carbonyl (C=O) groups is 2. The molecule has 0 saturated heterocycles. The van der Waals surface area contributed by atoms with E-state index >= 15 is 0 Å². The van der Waals surface area contributed by atoms with Crippen molar-refractivity contribution in [3.05, 3.63) is 101 Å². The zero-order chi connectivity index (χ0) is 28.0. The summed E-state index contributed by atoms with van der Waals surface area (Å²) in [5, 5.41) is 20.6. The number of hydrogen-bond donors (Lipinski definition) is 3. The monoisotopic (exact) mass is 525 g/mol. The van der Waals surface area contributed by atoms with Gasteiger partial charge in [0.15, 0.2) is 12.4 Å². The second kappa shape index (κ2) is 11.6. The predicted molar refractivity (Wildman–Crippen MR) is 133 cm³/mol. The summed E-state index contributed by atoms with van der Waals surface area (Å²) in [7, 11) is 1.96. The number of alkyl halides is 3. The number of amides is 1. The van der Waals surface area contributed by atoms with Crippen LogP contribution >= 0.6 is 0 Å². The molecule has 8 nitrogen and oxygen atoms in total. The van der Waals surface area contributed by atoms with Crippen LogP contribution in [-0.2, 0) is 24.9 Å². The molecule has 198 valence electrons. The first-order valence-electron chi connectivity index (χ1n) is 11.4. The van der Waals surface area contributed by atoms with Gasteiger partial charge in [0.2, 0.25) is 0 Å². The Balaban J connectivity index is 0.000000505. The van der Waals surface area contributed by atoms with Crippen LogP contribution in [0.1, 0.15) is 32.7 Å². The van der Waals surface area contributed by atoms with Crippen molar-refractivity contribution >= 4 is 28.6 Å². The number of nitrogen functional groups attached to an aromatic ring is 1. The third kappa shape index (κ3) is 6.75. The molecule has 0 radical (unpaired) electrons. The molecule has 0 atom stereocenters. The van der Waals surface area contributed by atoms with Gasteiger partial charge in [-0.2, -0.15) is 13.2 Å². The largest absolute Gasteiger partial charge is 0.542 e. The van der Waals surface area contributed by atoms with Gasteiger partial charge in [-0.05, 0) is 35.7 Å². The van der Waals surface area contributed by atoms with Crippen molar-refractivity contribution in [1.29, 1.82) is 5.41 Å². The van der Waals surface area contributed by atoms with Gasteiger partial charge in [0, 0.05) is 41.7 Å². The SMILES string of the molecule is Cc1c(C(=O)NCc2cc[n+](C)cc2)n(Cc2cccc(C(=N)N)c2)c2ccccc12.O=C([O-])C(F)(F)F. The molecule has 1 amide bonds. The average molecular weight is 526 g/mol. The fourth-order valence-corrected chi connectivity index (χ4v) is 3.87. The fraction of sp³-hybridized carbons (Fsp3) is 0.185. The first kappa shape index (κ1) is 27.9. The number of aliphatic carboxylic acids is 1. The number of halogens is 3. The summed E-state index contributed by atoms with van der Waals surface area (Å²) in [6, 6.07) is 19.6. The predicted octanol–water partition coefficient (Wildman–Crippen LogP) is 2.34. The summed E-state index contributed by atoms with van der Waals surface area (Å²) in [5.41, 5.74) is 11.0. The van der Waals surface area contributed by atoms with Gasteiger partial charge in [-0.1, -0.05) is 36.4 Å². The number of aromatic nitrogens is 2. The summed E-state index contributed by atoms with van der Waals surface area (Å²) in [5.74, 6) is -3.08. The Labute approximate surface area is 216 Å². The maximum atomic E-state index is 13.3. The van der Waals surface area contributed by atoms with Crippen LogP contribution < -0.4 is 20.7 Å². The summed E-state index contributed by atoms with van der Waals surface area (Å²) < 4.78 is 35.6. The van der Waals surface area contributed by atoms with E-state index in [0.29, 0.717) is 24.3 Å². The van der Waals surface area contributed by atoms with Crippen LogP contribution in [0.15, 0.2) is 73.1 Å². The van der Waals surface area contributed by atoms with Crippen LogP contribution in [-0.4, -0.2) is 28.5 Å². The van der Waals surface area contributed by atoms with E-state index in [4.69, 9.17) is 21.0 Å². The average Bonchev–Trinajstić information content (AvgIpc) is 3.15. The number of benzene rings is 2. The Morgan fingerprint density at radius 1 is 1.05 bits per heavy atom. The summed E-state index contributed by atoms with van der Waals surface area (Å²) in [6.45, 7) is 2.96. The van der Waals surface area contributed by atoms with Gasteiger partial charge in [-0.3, -0.25) is 10.2 Å². The summed E-state index contributed by atoms with van der Waals surface area (Å²) >= 11 is 0. The molecule has 38 heavy (non-hydrogen) atoms. The molecule has 0 saturated carbocycles. The maximum absolute atomic E-state index is 13.3. The van der Waals surface area contributed by atoms with Crippen molar-refractivity contribution < 1.29 is 32.4 Å². The van der Waals surface area contributed by atoms with Crippen LogP contribution in [0.5, 0.6) is 0 Å². The molecule has 4 aromatic rings. The molecular weight excluding hydrogens is 499 g/mol. The molecule has 0 spiro atoms. The highest BCUT2D eigenvalue weighted by Gasteiger charge is 2.28. The lowest BCUT2D eigenvalue weighted by Gasteiger charge is -2.13. The van der Waals surface area contributed by atoms with Crippen LogP contribution in [0.3, 0.4) is 0 Å². The number of carboxylic acids is 1. The number of nitrogens with one attached hydrogen (secondary N) is 2. The lowest BCUT2D eigenvalue weighted by atomic mass is 10.1. The van der Waals surface area contributed by atoms with Crippen molar-refractivity contribution in [1.82, 2.24) is 9.88 Å². The van der Waals surface area contributed by atoms with E-state index in [1.165, 1.54) is 0 Å². The lowest BCUT2D eigenvalue weighted by Crippen LogP contribution is -2.37. The van der Waals surface area contributed by atoms with E-state index in [-0.39, 0.29) is 11.7 Å². The van der Waals surface area contributed by atoms with E-state index in [2.05, 4.69) is 5.32 Å². The standard InChI is InChI=1S/C25H25N5O.C2HF3O2/c1-17-21-8-3-4-9-22(21)30(16-19-6-5-7-20(14-19)24(26)27)23(17)25(31)28-15-18-10-12-29(2)13-11-18;3-2(4,5)1(6)7/h3-14H,15-16H2,1-2H3,(H3-,26,27,28,31);(H,6,7). The number of nitrogens with two attached hydrogens (primary N) is 1. The molecule has 0 unspecified atom stereocenters. The number of carboxylic acid groups (broad SMARTS) is 1. The van der Waals surface area contributed by atoms with Gasteiger partial charge in [-0.15, -0.1) is 0 Å². The Morgan fingerprint density at radius 2 is 1.68 bits per heavy atom. The topological polar surface area (TPSA) is 128 Å². The molecule has 0 bridgehead atoms. The van der Waals surface area contributed by atoms with Gasteiger partial charge < -0.3 is 25.5 Å². The van der Waals surface area contributed by atoms with Crippen molar-refractivity contribution in [2.24, 2.45) is 12.8 Å². The zero-order valence-electron chi connectivity index (χ0n) is 20.7. The number of carbonyl (C=O) groups excluding carboxylic acids is 2. The molecule has 0 aliphatic carbocycles. The first-order valence-corrected chi connectivity index (χ1v) is 11.4. The maximum Gasteiger partial charge on any atom is 0.430 e. The van der Waals surface area contributed by atoms with Gasteiger partial charge >= 0.3 is 6.18 Å². The van der Waals surface area contributed by atoms with E-state index in [0.717, 1.165) is 27.6 Å². The molecule has 4 N–H and O–H groups in total. The van der Waals surface area contributed by atoms with Crippen molar-refractivity contribution in [3.63, 3.8) is 0 Å². The van der Waals surface area contributed by atoms with Gasteiger partial charge in [0.1, 0.15) is 24.5 Å². The minimum atomic E-state index is -5.19. The molecule has 11 heteroatoms. The Morgan fingerprint density at radius 3 is 2.29 bits per heavy atom. The van der Waals surface area contributed by atoms with E-state index in [9.17, 15) is 18.0 Å². The Hall–Kier alpha value is -4.67. The summed E-state index contributed by atoms with van der Waals surface area (Å²) in [6.07, 6.45) is -1.27. The molecule has 2 aromatic carbocycles. The number of nitrogens with zero attached hydrogens (tertiary/aromatic N) is 2. The quantitative estimate of drug-likeness (QED) is 0.203. The second-order valence-electron chi connectivity index (χ2n) is 8.53.